The van der Waals surface area contributed by atoms with E-state index in [0.717, 1.165) is 13.2 Å². The van der Waals surface area contributed by atoms with Gasteiger partial charge in [-0.3, -0.25) is 0 Å². The lowest BCUT2D eigenvalue weighted by atomic mass is 9.69. The SMILES string of the molecule is CC1(C)C[C@@]2(CCC[NH+](CC[NH+]3CCC[C@@]4(CCOC(C)(C)C4)C3)C2)CCO1. The Morgan fingerprint density at radius 3 is 1.46 bits per heavy atom. The van der Waals surface area contributed by atoms with Crippen LogP contribution in [0.15, 0.2) is 0 Å². The number of rotatable bonds is 3. The minimum absolute atomic E-state index is 0.0844. The summed E-state index contributed by atoms with van der Waals surface area (Å²) in [6, 6.07) is 0. The molecule has 4 heteroatoms. The molecule has 0 aliphatic carbocycles. The molecule has 28 heavy (non-hydrogen) atoms. The van der Waals surface area contributed by atoms with Crippen molar-refractivity contribution in [3.8, 4) is 0 Å². The van der Waals surface area contributed by atoms with Gasteiger partial charge in [-0.05, 0) is 79.1 Å². The highest BCUT2D eigenvalue weighted by Crippen LogP contribution is 2.43. The van der Waals surface area contributed by atoms with E-state index in [1.165, 1.54) is 90.6 Å². The Labute approximate surface area is 173 Å². The largest absolute Gasteiger partial charge is 0.376 e. The summed E-state index contributed by atoms with van der Waals surface area (Å²) < 4.78 is 12.1. The monoisotopic (exact) mass is 394 g/mol. The van der Waals surface area contributed by atoms with Gasteiger partial charge in [-0.2, -0.15) is 0 Å². The Kier molecular flexibility index (Phi) is 5.90. The molecule has 4 atom stereocenters. The molecule has 0 aromatic heterocycles. The Morgan fingerprint density at radius 1 is 0.643 bits per heavy atom. The van der Waals surface area contributed by atoms with Gasteiger partial charge in [0.15, 0.2) is 0 Å². The lowest BCUT2D eigenvalue weighted by Crippen LogP contribution is -3.22. The van der Waals surface area contributed by atoms with E-state index in [4.69, 9.17) is 9.47 Å². The van der Waals surface area contributed by atoms with Crippen LogP contribution < -0.4 is 9.80 Å². The molecule has 4 aliphatic rings. The van der Waals surface area contributed by atoms with Crippen molar-refractivity contribution in [3.63, 3.8) is 0 Å². The summed E-state index contributed by atoms with van der Waals surface area (Å²) in [5, 5.41) is 0. The molecule has 2 spiro atoms. The van der Waals surface area contributed by atoms with Crippen molar-refractivity contribution >= 4 is 0 Å². The van der Waals surface area contributed by atoms with Gasteiger partial charge in [0.25, 0.3) is 0 Å². The van der Waals surface area contributed by atoms with Gasteiger partial charge >= 0.3 is 0 Å². The first-order valence-electron chi connectivity index (χ1n) is 12.1. The molecule has 4 fully saturated rings. The van der Waals surface area contributed by atoms with Crippen molar-refractivity contribution in [3.05, 3.63) is 0 Å². The number of piperidine rings is 2. The van der Waals surface area contributed by atoms with Gasteiger partial charge in [-0.25, -0.2) is 0 Å². The minimum Gasteiger partial charge on any atom is -0.376 e. The molecule has 4 saturated heterocycles. The van der Waals surface area contributed by atoms with Crippen LogP contribution in [0.1, 0.15) is 79.1 Å². The minimum atomic E-state index is 0.0844. The molecule has 0 aromatic rings. The first-order valence-corrected chi connectivity index (χ1v) is 12.1. The Balaban J connectivity index is 1.30. The molecule has 4 heterocycles. The maximum absolute atomic E-state index is 6.04. The van der Waals surface area contributed by atoms with Crippen molar-refractivity contribution in [1.29, 1.82) is 0 Å². The van der Waals surface area contributed by atoms with Crippen molar-refractivity contribution < 1.29 is 19.3 Å². The number of quaternary nitrogens is 2. The molecule has 4 rings (SSSR count). The van der Waals surface area contributed by atoms with Gasteiger partial charge in [0, 0.05) is 24.0 Å². The summed E-state index contributed by atoms with van der Waals surface area (Å²) >= 11 is 0. The third-order valence-corrected chi connectivity index (χ3v) is 8.41. The van der Waals surface area contributed by atoms with E-state index in [2.05, 4.69) is 27.7 Å². The zero-order valence-corrected chi connectivity index (χ0v) is 19.1. The third-order valence-electron chi connectivity index (χ3n) is 8.41. The first-order chi connectivity index (χ1) is 13.2. The van der Waals surface area contributed by atoms with E-state index in [1.54, 1.807) is 0 Å². The molecule has 4 aliphatic heterocycles. The van der Waals surface area contributed by atoms with Gasteiger partial charge in [-0.1, -0.05) is 0 Å². The topological polar surface area (TPSA) is 27.3 Å². The van der Waals surface area contributed by atoms with Crippen LogP contribution in [0.3, 0.4) is 0 Å². The zero-order valence-electron chi connectivity index (χ0n) is 19.1. The fourth-order valence-corrected chi connectivity index (χ4v) is 7.52. The highest BCUT2D eigenvalue weighted by atomic mass is 16.5. The van der Waals surface area contributed by atoms with E-state index in [9.17, 15) is 0 Å². The summed E-state index contributed by atoms with van der Waals surface area (Å²) in [5.41, 5.74) is 1.28. The van der Waals surface area contributed by atoms with Gasteiger partial charge in [0.2, 0.25) is 0 Å². The van der Waals surface area contributed by atoms with Crippen molar-refractivity contribution in [2.45, 2.75) is 90.3 Å². The zero-order chi connectivity index (χ0) is 19.9. The standard InChI is InChI=1S/C24H44N2O2/c1-21(2)17-23(9-15-27-21)7-5-11-25(19-23)13-14-26-12-6-8-24(20-26)10-16-28-22(3,4)18-24/h5-20H2,1-4H3/p+2/t23-,24+. The smallest absolute Gasteiger partial charge is 0.127 e. The second-order valence-electron chi connectivity index (χ2n) is 12.1. The second-order valence-corrected chi connectivity index (χ2v) is 12.1. The summed E-state index contributed by atoms with van der Waals surface area (Å²) in [6.07, 6.45) is 10.8. The molecule has 0 aromatic carbocycles. The molecule has 0 bridgehead atoms. The van der Waals surface area contributed by atoms with E-state index in [-0.39, 0.29) is 11.2 Å². The van der Waals surface area contributed by atoms with Crippen LogP contribution in [0.2, 0.25) is 0 Å². The number of nitrogens with one attached hydrogen (secondary N) is 2. The van der Waals surface area contributed by atoms with Crippen LogP contribution in [-0.2, 0) is 9.47 Å². The van der Waals surface area contributed by atoms with E-state index in [1.807, 2.05) is 9.80 Å². The van der Waals surface area contributed by atoms with Gasteiger partial charge < -0.3 is 19.3 Å². The number of hydrogen-bond donors (Lipinski definition) is 2. The lowest BCUT2D eigenvalue weighted by Gasteiger charge is -2.49. The molecule has 2 N–H and O–H groups in total. The summed E-state index contributed by atoms with van der Waals surface area (Å²) in [5.74, 6) is 0. The van der Waals surface area contributed by atoms with Crippen molar-refractivity contribution in [2.24, 2.45) is 10.8 Å². The van der Waals surface area contributed by atoms with Crippen LogP contribution in [0, 0.1) is 10.8 Å². The predicted molar refractivity (Wildman–Crippen MR) is 113 cm³/mol. The van der Waals surface area contributed by atoms with Crippen molar-refractivity contribution in [2.75, 3.05) is 52.5 Å². The molecule has 0 radical (unpaired) electrons. The maximum atomic E-state index is 6.04. The summed E-state index contributed by atoms with van der Waals surface area (Å²) in [4.78, 5) is 3.76. The summed E-state index contributed by atoms with van der Waals surface area (Å²) in [6.45, 7) is 19.4. The molecule has 0 amide bonds. The predicted octanol–water partition coefficient (Wildman–Crippen LogP) is 1.49. The normalized spacial score (nSPS) is 43.3. The molecular weight excluding hydrogens is 348 g/mol. The summed E-state index contributed by atoms with van der Waals surface area (Å²) in [7, 11) is 0. The number of likely N-dealkylation sites (tertiary alicyclic amines) is 2. The second kappa shape index (κ2) is 7.83. The number of hydrogen-bond acceptors (Lipinski definition) is 2. The number of ether oxygens (including phenoxy) is 2. The molecule has 162 valence electrons. The lowest BCUT2D eigenvalue weighted by molar-refractivity contribution is -0.969. The molecule has 0 saturated carbocycles. The van der Waals surface area contributed by atoms with Gasteiger partial charge in [0.05, 0.1) is 37.4 Å². The Hall–Kier alpha value is -0.160. The van der Waals surface area contributed by atoms with Crippen LogP contribution in [0.5, 0.6) is 0 Å². The maximum Gasteiger partial charge on any atom is 0.127 e. The highest BCUT2D eigenvalue weighted by Gasteiger charge is 2.47. The van der Waals surface area contributed by atoms with E-state index in [0.29, 0.717) is 10.8 Å². The Morgan fingerprint density at radius 2 is 1.07 bits per heavy atom. The first kappa shape index (κ1) is 21.1. The molecule has 2 unspecified atom stereocenters. The highest BCUT2D eigenvalue weighted by molar-refractivity contribution is 4.92. The van der Waals surface area contributed by atoms with Crippen LogP contribution in [-0.4, -0.2) is 63.7 Å². The molecule has 4 nitrogen and oxygen atoms in total. The van der Waals surface area contributed by atoms with E-state index < -0.39 is 0 Å². The van der Waals surface area contributed by atoms with Gasteiger partial charge in [-0.15, -0.1) is 0 Å². The Bertz CT molecular complexity index is 493. The van der Waals surface area contributed by atoms with E-state index >= 15 is 0 Å². The van der Waals surface area contributed by atoms with Crippen LogP contribution in [0.25, 0.3) is 0 Å². The third kappa shape index (κ3) is 4.94. The fraction of sp³-hybridized carbons (Fsp3) is 1.00. The van der Waals surface area contributed by atoms with Gasteiger partial charge in [0.1, 0.15) is 13.1 Å². The van der Waals surface area contributed by atoms with Crippen LogP contribution >= 0.6 is 0 Å². The molecular formula is C24H46N2O2+2. The average molecular weight is 395 g/mol. The average Bonchev–Trinajstić information content (AvgIpc) is 2.58. The van der Waals surface area contributed by atoms with Crippen LogP contribution in [0.4, 0.5) is 0 Å². The quantitative estimate of drug-likeness (QED) is 0.759. The van der Waals surface area contributed by atoms with Crippen molar-refractivity contribution in [1.82, 2.24) is 0 Å². The fourth-order valence-electron chi connectivity index (χ4n) is 7.52.